The number of carbonyl (C=O) groups excluding carboxylic acids is 2. The highest BCUT2D eigenvalue weighted by molar-refractivity contribution is 5.88. The fraction of sp³-hybridized carbons (Fsp3) is 0.800. The minimum absolute atomic E-state index is 0.388. The van der Waals surface area contributed by atoms with Gasteiger partial charge in [-0.1, -0.05) is 20.8 Å². The van der Waals surface area contributed by atoms with E-state index in [0.717, 1.165) is 0 Å². The zero-order valence-electron chi connectivity index (χ0n) is 10.6. The van der Waals surface area contributed by atoms with Crippen molar-refractivity contribution in [1.82, 2.24) is 10.8 Å². The third kappa shape index (κ3) is 7.10. The summed E-state index contributed by atoms with van der Waals surface area (Å²) in [5.41, 5.74) is 0.929. The molecule has 0 heterocycles. The van der Waals surface area contributed by atoms with Gasteiger partial charge in [0.25, 0.3) is 5.91 Å². The second kappa shape index (κ2) is 6.03. The van der Waals surface area contributed by atoms with Crippen molar-refractivity contribution in [3.05, 3.63) is 0 Å². The standard InChI is InChI=1S/C10H17F3N2O3/c1-6(14-8(17)9(2,3)4)7(16)15-18-5-10(11,12)13/h6H,5H2,1-4H3,(H,14,17)(H,15,16). The molecule has 1 atom stereocenters. The monoisotopic (exact) mass is 270 g/mol. The molecule has 0 aliphatic heterocycles. The molecule has 18 heavy (non-hydrogen) atoms. The molecule has 2 amide bonds. The Bertz CT molecular complexity index is 310. The summed E-state index contributed by atoms with van der Waals surface area (Å²) in [5.74, 6) is -1.24. The van der Waals surface area contributed by atoms with Crippen molar-refractivity contribution in [3.8, 4) is 0 Å². The second-order valence-corrected chi connectivity index (χ2v) is 4.82. The summed E-state index contributed by atoms with van der Waals surface area (Å²) in [6.07, 6.45) is -4.52. The number of hydrogen-bond acceptors (Lipinski definition) is 3. The number of halogens is 3. The lowest BCUT2D eigenvalue weighted by atomic mass is 9.95. The molecule has 0 saturated heterocycles. The SMILES string of the molecule is CC(NC(=O)C(C)(C)C)C(=O)NOCC(F)(F)F. The van der Waals surface area contributed by atoms with Crippen LogP contribution in [0.2, 0.25) is 0 Å². The van der Waals surface area contributed by atoms with Crippen molar-refractivity contribution < 1.29 is 27.6 Å². The molecule has 0 aromatic heterocycles. The molecule has 0 rings (SSSR count). The van der Waals surface area contributed by atoms with Crippen LogP contribution in [0, 0.1) is 5.41 Å². The van der Waals surface area contributed by atoms with Gasteiger partial charge in [-0.25, -0.2) is 5.48 Å². The summed E-state index contributed by atoms with van der Waals surface area (Å²) < 4.78 is 35.2. The summed E-state index contributed by atoms with van der Waals surface area (Å²) in [5, 5.41) is 2.36. The number of nitrogens with one attached hydrogen (secondary N) is 2. The topological polar surface area (TPSA) is 67.4 Å². The molecule has 0 bridgehead atoms. The lowest BCUT2D eigenvalue weighted by Gasteiger charge is -2.21. The first-order valence-electron chi connectivity index (χ1n) is 5.23. The van der Waals surface area contributed by atoms with Gasteiger partial charge in [-0.2, -0.15) is 13.2 Å². The maximum atomic E-state index is 11.7. The molecule has 0 aromatic rings. The smallest absolute Gasteiger partial charge is 0.344 e. The molecule has 0 aliphatic carbocycles. The molecule has 0 radical (unpaired) electrons. The first kappa shape index (κ1) is 16.7. The average molecular weight is 270 g/mol. The second-order valence-electron chi connectivity index (χ2n) is 4.82. The third-order valence-corrected chi connectivity index (χ3v) is 1.83. The van der Waals surface area contributed by atoms with Crippen LogP contribution in [0.1, 0.15) is 27.7 Å². The summed E-state index contributed by atoms with van der Waals surface area (Å²) in [6, 6.07) is -0.982. The predicted molar refractivity (Wildman–Crippen MR) is 57.2 cm³/mol. The van der Waals surface area contributed by atoms with Gasteiger partial charge in [-0.05, 0) is 6.92 Å². The number of rotatable bonds is 4. The molecular weight excluding hydrogens is 253 g/mol. The number of amides is 2. The van der Waals surface area contributed by atoms with E-state index in [9.17, 15) is 22.8 Å². The van der Waals surface area contributed by atoms with Gasteiger partial charge in [0.2, 0.25) is 5.91 Å². The average Bonchev–Trinajstić information content (AvgIpc) is 2.13. The molecular formula is C10H17F3N2O3. The van der Waals surface area contributed by atoms with Crippen LogP contribution in [0.3, 0.4) is 0 Å². The Morgan fingerprint density at radius 1 is 1.22 bits per heavy atom. The van der Waals surface area contributed by atoms with E-state index in [1.807, 2.05) is 0 Å². The van der Waals surface area contributed by atoms with Crippen molar-refractivity contribution in [2.45, 2.75) is 39.9 Å². The van der Waals surface area contributed by atoms with E-state index in [1.165, 1.54) is 6.92 Å². The normalized spacial score (nSPS) is 13.9. The molecule has 0 spiro atoms. The molecule has 1 unspecified atom stereocenters. The Balaban J connectivity index is 4.09. The lowest BCUT2D eigenvalue weighted by Crippen LogP contribution is -2.48. The molecule has 2 N–H and O–H groups in total. The van der Waals surface area contributed by atoms with Crippen molar-refractivity contribution in [3.63, 3.8) is 0 Å². The Hall–Kier alpha value is -1.31. The van der Waals surface area contributed by atoms with Crippen molar-refractivity contribution in [1.29, 1.82) is 0 Å². The first-order chi connectivity index (χ1) is 7.93. The summed E-state index contributed by atoms with van der Waals surface area (Å²) in [4.78, 5) is 26.7. The van der Waals surface area contributed by atoms with Crippen LogP contribution in [0.5, 0.6) is 0 Å². The Kier molecular flexibility index (Phi) is 5.59. The summed E-state index contributed by atoms with van der Waals surface area (Å²) in [6.45, 7) is 4.70. The van der Waals surface area contributed by atoms with E-state index in [4.69, 9.17) is 0 Å². The lowest BCUT2D eigenvalue weighted by molar-refractivity contribution is -0.192. The number of carbonyl (C=O) groups is 2. The highest BCUT2D eigenvalue weighted by Crippen LogP contribution is 2.14. The fourth-order valence-corrected chi connectivity index (χ4v) is 0.756. The highest BCUT2D eigenvalue weighted by Gasteiger charge is 2.29. The van der Waals surface area contributed by atoms with E-state index in [0.29, 0.717) is 0 Å². The molecule has 0 fully saturated rings. The van der Waals surface area contributed by atoms with Crippen molar-refractivity contribution in [2.75, 3.05) is 6.61 Å². The minimum Gasteiger partial charge on any atom is -0.344 e. The van der Waals surface area contributed by atoms with Crippen LogP contribution in [0.15, 0.2) is 0 Å². The fourth-order valence-electron chi connectivity index (χ4n) is 0.756. The minimum atomic E-state index is -4.52. The van der Waals surface area contributed by atoms with E-state index in [1.54, 1.807) is 26.3 Å². The van der Waals surface area contributed by atoms with Gasteiger partial charge in [0.05, 0.1) is 0 Å². The molecule has 0 saturated carbocycles. The molecule has 0 aromatic carbocycles. The van der Waals surface area contributed by atoms with Crippen LogP contribution in [-0.2, 0) is 14.4 Å². The molecule has 106 valence electrons. The zero-order valence-corrected chi connectivity index (χ0v) is 10.6. The van der Waals surface area contributed by atoms with E-state index in [-0.39, 0.29) is 5.91 Å². The maximum Gasteiger partial charge on any atom is 0.414 e. The predicted octanol–water partition coefficient (Wildman–Crippen LogP) is 1.15. The molecule has 8 heteroatoms. The van der Waals surface area contributed by atoms with Crippen molar-refractivity contribution >= 4 is 11.8 Å². The number of alkyl halides is 3. The van der Waals surface area contributed by atoms with Gasteiger partial charge in [-0.3, -0.25) is 14.4 Å². The largest absolute Gasteiger partial charge is 0.414 e. The number of hydrogen-bond donors (Lipinski definition) is 2. The summed E-state index contributed by atoms with van der Waals surface area (Å²) in [7, 11) is 0. The van der Waals surface area contributed by atoms with Gasteiger partial charge in [0.1, 0.15) is 6.04 Å². The van der Waals surface area contributed by atoms with Crippen molar-refractivity contribution in [2.24, 2.45) is 5.41 Å². The molecule has 0 aliphatic rings. The van der Waals surface area contributed by atoms with E-state index >= 15 is 0 Å². The van der Waals surface area contributed by atoms with E-state index in [2.05, 4.69) is 10.2 Å². The van der Waals surface area contributed by atoms with Crippen LogP contribution in [0.4, 0.5) is 13.2 Å². The van der Waals surface area contributed by atoms with Crippen LogP contribution < -0.4 is 10.8 Å². The first-order valence-corrected chi connectivity index (χ1v) is 5.23. The summed E-state index contributed by atoms with van der Waals surface area (Å²) >= 11 is 0. The Morgan fingerprint density at radius 2 is 1.72 bits per heavy atom. The van der Waals surface area contributed by atoms with Crippen LogP contribution >= 0.6 is 0 Å². The highest BCUT2D eigenvalue weighted by atomic mass is 19.4. The number of hydroxylamine groups is 1. The Morgan fingerprint density at radius 3 is 2.11 bits per heavy atom. The van der Waals surface area contributed by atoms with Gasteiger partial charge in [0.15, 0.2) is 6.61 Å². The maximum absolute atomic E-state index is 11.7. The van der Waals surface area contributed by atoms with E-state index < -0.39 is 30.1 Å². The zero-order chi connectivity index (χ0) is 14.6. The van der Waals surface area contributed by atoms with Gasteiger partial charge in [-0.15, -0.1) is 0 Å². The Labute approximate surface area is 103 Å². The third-order valence-electron chi connectivity index (χ3n) is 1.83. The van der Waals surface area contributed by atoms with Crippen LogP contribution in [0.25, 0.3) is 0 Å². The van der Waals surface area contributed by atoms with Gasteiger partial charge >= 0.3 is 6.18 Å². The quantitative estimate of drug-likeness (QED) is 0.753. The van der Waals surface area contributed by atoms with Gasteiger partial charge < -0.3 is 5.32 Å². The van der Waals surface area contributed by atoms with Gasteiger partial charge in [0, 0.05) is 5.41 Å². The molecule has 5 nitrogen and oxygen atoms in total. The van der Waals surface area contributed by atoms with Crippen LogP contribution in [-0.4, -0.2) is 30.6 Å².